The van der Waals surface area contributed by atoms with E-state index in [0.717, 1.165) is 6.54 Å². The van der Waals surface area contributed by atoms with Crippen LogP contribution in [0.25, 0.3) is 0 Å². The smallest absolute Gasteiger partial charge is 0.269 e. The molecule has 1 aliphatic rings. The predicted molar refractivity (Wildman–Crippen MR) is 63.2 cm³/mol. The van der Waals surface area contributed by atoms with E-state index in [0.29, 0.717) is 11.6 Å². The number of aromatic nitrogens is 1. The Labute approximate surface area is 101 Å². The van der Waals surface area contributed by atoms with Crippen LogP contribution in [0.5, 0.6) is 0 Å². The van der Waals surface area contributed by atoms with Gasteiger partial charge in [-0.05, 0) is 30.9 Å². The molecule has 4 nitrogen and oxygen atoms in total. The lowest BCUT2D eigenvalue weighted by atomic mass is 10.1. The molecular formula is C13H15N3O. The van der Waals surface area contributed by atoms with Crippen LogP contribution in [-0.2, 0) is 0 Å². The number of hydrogen-bond acceptors (Lipinski definition) is 3. The standard InChI is InChI=1S/C13H15N3O/c14-8-11-6-3-7-12(16-11)13(17)15-9-10-4-1-2-5-10/h3,6-7,10H,1-2,4-5,9H2,(H,15,17). The van der Waals surface area contributed by atoms with Gasteiger partial charge >= 0.3 is 0 Å². The second-order valence-corrected chi connectivity index (χ2v) is 4.38. The monoisotopic (exact) mass is 229 g/mol. The molecule has 88 valence electrons. The molecule has 0 unspecified atom stereocenters. The number of nitriles is 1. The van der Waals surface area contributed by atoms with E-state index in [-0.39, 0.29) is 11.6 Å². The van der Waals surface area contributed by atoms with Crippen molar-refractivity contribution in [3.05, 3.63) is 29.6 Å². The highest BCUT2D eigenvalue weighted by atomic mass is 16.1. The minimum absolute atomic E-state index is 0.186. The zero-order valence-corrected chi connectivity index (χ0v) is 9.65. The summed E-state index contributed by atoms with van der Waals surface area (Å²) in [5.41, 5.74) is 0.598. The van der Waals surface area contributed by atoms with Gasteiger partial charge < -0.3 is 5.32 Å². The van der Waals surface area contributed by atoms with Crippen LogP contribution in [0.15, 0.2) is 18.2 Å². The summed E-state index contributed by atoms with van der Waals surface area (Å²) in [6.07, 6.45) is 4.93. The van der Waals surface area contributed by atoms with Gasteiger partial charge in [0.05, 0.1) is 0 Å². The molecule has 4 heteroatoms. The number of carbonyl (C=O) groups excluding carboxylic acids is 1. The van der Waals surface area contributed by atoms with Crippen molar-refractivity contribution in [3.63, 3.8) is 0 Å². The number of carbonyl (C=O) groups is 1. The largest absolute Gasteiger partial charge is 0.350 e. The van der Waals surface area contributed by atoms with E-state index < -0.39 is 0 Å². The van der Waals surface area contributed by atoms with Gasteiger partial charge in [0.1, 0.15) is 17.5 Å². The van der Waals surface area contributed by atoms with E-state index in [4.69, 9.17) is 5.26 Å². The van der Waals surface area contributed by atoms with Crippen LogP contribution < -0.4 is 5.32 Å². The fourth-order valence-electron chi connectivity index (χ4n) is 2.17. The molecule has 1 amide bonds. The number of rotatable bonds is 3. The van der Waals surface area contributed by atoms with Crippen molar-refractivity contribution in [3.8, 4) is 6.07 Å². The van der Waals surface area contributed by atoms with Crippen LogP contribution in [0.3, 0.4) is 0 Å². The molecule has 1 aromatic rings. The fourth-order valence-corrected chi connectivity index (χ4v) is 2.17. The van der Waals surface area contributed by atoms with Crippen molar-refractivity contribution in [1.29, 1.82) is 5.26 Å². The van der Waals surface area contributed by atoms with Gasteiger partial charge in [-0.3, -0.25) is 4.79 Å². The molecule has 17 heavy (non-hydrogen) atoms. The van der Waals surface area contributed by atoms with Crippen LogP contribution in [0.2, 0.25) is 0 Å². The summed E-state index contributed by atoms with van der Waals surface area (Å²) in [5.74, 6) is 0.423. The van der Waals surface area contributed by atoms with E-state index in [1.807, 2.05) is 6.07 Å². The molecule has 0 aliphatic heterocycles. The molecular weight excluding hydrogens is 214 g/mol. The Hall–Kier alpha value is -1.89. The minimum atomic E-state index is -0.186. The van der Waals surface area contributed by atoms with E-state index in [1.54, 1.807) is 18.2 Å². The third-order valence-corrected chi connectivity index (χ3v) is 3.12. The predicted octanol–water partition coefficient (Wildman–Crippen LogP) is 1.87. The van der Waals surface area contributed by atoms with Crippen LogP contribution in [0.1, 0.15) is 41.9 Å². The SMILES string of the molecule is N#Cc1cccc(C(=O)NCC2CCCC2)n1. The van der Waals surface area contributed by atoms with E-state index in [9.17, 15) is 4.79 Å². The molecule has 1 N–H and O–H groups in total. The van der Waals surface area contributed by atoms with E-state index in [2.05, 4.69) is 10.3 Å². The zero-order valence-electron chi connectivity index (χ0n) is 9.65. The Balaban J connectivity index is 1.92. The molecule has 0 saturated heterocycles. The first-order valence-corrected chi connectivity index (χ1v) is 5.95. The van der Waals surface area contributed by atoms with Crippen LogP contribution in [0, 0.1) is 17.2 Å². The minimum Gasteiger partial charge on any atom is -0.350 e. The lowest BCUT2D eigenvalue weighted by Crippen LogP contribution is -2.29. The number of nitrogens with one attached hydrogen (secondary N) is 1. The number of pyridine rings is 1. The summed E-state index contributed by atoms with van der Waals surface area (Å²) in [4.78, 5) is 15.7. The molecule has 1 heterocycles. The van der Waals surface area contributed by atoms with E-state index in [1.165, 1.54) is 25.7 Å². The van der Waals surface area contributed by atoms with Gasteiger partial charge in [-0.2, -0.15) is 5.26 Å². The highest BCUT2D eigenvalue weighted by Gasteiger charge is 2.16. The maximum absolute atomic E-state index is 11.8. The molecule has 0 radical (unpaired) electrons. The first-order valence-electron chi connectivity index (χ1n) is 5.95. The normalized spacial score (nSPS) is 15.5. The lowest BCUT2D eigenvalue weighted by molar-refractivity contribution is 0.0942. The van der Waals surface area contributed by atoms with Crippen molar-refractivity contribution in [2.45, 2.75) is 25.7 Å². The zero-order chi connectivity index (χ0) is 12.1. The summed E-state index contributed by atoms with van der Waals surface area (Å²) in [6.45, 7) is 0.720. The Kier molecular flexibility index (Phi) is 3.71. The Bertz CT molecular complexity index is 444. The Morgan fingerprint density at radius 2 is 2.24 bits per heavy atom. The third-order valence-electron chi connectivity index (χ3n) is 3.12. The van der Waals surface area contributed by atoms with Gasteiger partial charge in [0, 0.05) is 6.54 Å². The lowest BCUT2D eigenvalue weighted by Gasteiger charge is -2.10. The van der Waals surface area contributed by atoms with Crippen molar-refractivity contribution in [2.75, 3.05) is 6.54 Å². The fraction of sp³-hybridized carbons (Fsp3) is 0.462. The van der Waals surface area contributed by atoms with Crippen LogP contribution >= 0.6 is 0 Å². The highest BCUT2D eigenvalue weighted by Crippen LogP contribution is 2.23. The van der Waals surface area contributed by atoms with Crippen molar-refractivity contribution >= 4 is 5.91 Å². The summed E-state index contributed by atoms with van der Waals surface area (Å²) >= 11 is 0. The van der Waals surface area contributed by atoms with Gasteiger partial charge in [0.15, 0.2) is 0 Å². The average molecular weight is 229 g/mol. The van der Waals surface area contributed by atoms with Gasteiger partial charge in [-0.15, -0.1) is 0 Å². The van der Waals surface area contributed by atoms with Crippen molar-refractivity contribution < 1.29 is 4.79 Å². The first-order chi connectivity index (χ1) is 8.29. The van der Waals surface area contributed by atoms with E-state index >= 15 is 0 Å². The maximum Gasteiger partial charge on any atom is 0.269 e. The second-order valence-electron chi connectivity index (χ2n) is 4.38. The molecule has 0 spiro atoms. The summed E-state index contributed by atoms with van der Waals surface area (Å²) in [5, 5.41) is 11.6. The third kappa shape index (κ3) is 3.04. The summed E-state index contributed by atoms with van der Waals surface area (Å²) in [6, 6.07) is 6.83. The average Bonchev–Trinajstić information content (AvgIpc) is 2.89. The number of amides is 1. The number of nitrogens with zero attached hydrogens (tertiary/aromatic N) is 2. The molecule has 0 atom stereocenters. The Morgan fingerprint density at radius 1 is 1.47 bits per heavy atom. The quantitative estimate of drug-likeness (QED) is 0.860. The molecule has 0 bridgehead atoms. The molecule has 1 saturated carbocycles. The molecule has 1 aliphatic carbocycles. The maximum atomic E-state index is 11.8. The molecule has 2 rings (SSSR count). The highest BCUT2D eigenvalue weighted by molar-refractivity contribution is 5.92. The van der Waals surface area contributed by atoms with Crippen LogP contribution in [-0.4, -0.2) is 17.4 Å². The Morgan fingerprint density at radius 3 is 2.94 bits per heavy atom. The molecule has 1 fully saturated rings. The van der Waals surface area contributed by atoms with Gasteiger partial charge in [-0.1, -0.05) is 18.9 Å². The molecule has 1 aromatic heterocycles. The topological polar surface area (TPSA) is 65.8 Å². The first kappa shape index (κ1) is 11.6. The van der Waals surface area contributed by atoms with Crippen LogP contribution in [0.4, 0.5) is 0 Å². The summed E-state index contributed by atoms with van der Waals surface area (Å²) in [7, 11) is 0. The van der Waals surface area contributed by atoms with Gasteiger partial charge in [0.25, 0.3) is 5.91 Å². The van der Waals surface area contributed by atoms with Crippen molar-refractivity contribution in [1.82, 2.24) is 10.3 Å². The second kappa shape index (κ2) is 5.44. The molecule has 0 aromatic carbocycles. The van der Waals surface area contributed by atoms with Gasteiger partial charge in [0.2, 0.25) is 0 Å². The number of hydrogen-bond donors (Lipinski definition) is 1. The summed E-state index contributed by atoms with van der Waals surface area (Å²) < 4.78 is 0. The van der Waals surface area contributed by atoms with Gasteiger partial charge in [-0.25, -0.2) is 4.98 Å². The van der Waals surface area contributed by atoms with Crippen molar-refractivity contribution in [2.24, 2.45) is 5.92 Å².